The third kappa shape index (κ3) is 3.29. The van der Waals surface area contributed by atoms with Crippen molar-refractivity contribution in [2.75, 3.05) is 13.7 Å². The molecule has 0 saturated carbocycles. The average Bonchev–Trinajstić information content (AvgIpc) is 3.03. The number of aryl methyl sites for hydroxylation is 1. The highest BCUT2D eigenvalue weighted by molar-refractivity contribution is 8.26. The molecule has 1 amide bonds. The third-order valence-electron chi connectivity index (χ3n) is 4.33. The van der Waals surface area contributed by atoms with Gasteiger partial charge >= 0.3 is 0 Å². The van der Waals surface area contributed by atoms with Crippen LogP contribution < -0.4 is 4.74 Å². The van der Waals surface area contributed by atoms with E-state index in [0.717, 1.165) is 28.4 Å². The molecule has 0 atom stereocenters. The summed E-state index contributed by atoms with van der Waals surface area (Å²) in [5.41, 5.74) is 3.88. The van der Waals surface area contributed by atoms with E-state index in [1.807, 2.05) is 45.0 Å². The molecule has 0 unspecified atom stereocenters. The average molecular weight is 407 g/mol. The fourth-order valence-electron chi connectivity index (χ4n) is 3.06. The Balaban J connectivity index is 2.08. The van der Waals surface area contributed by atoms with Crippen LogP contribution in [0.25, 0.3) is 11.8 Å². The first-order chi connectivity index (χ1) is 12.4. The van der Waals surface area contributed by atoms with Gasteiger partial charge in [0.2, 0.25) is 0 Å². The van der Waals surface area contributed by atoms with Crippen LogP contribution in [0.4, 0.5) is 0 Å². The number of thiocarbonyl (C=S) groups is 1. The van der Waals surface area contributed by atoms with Crippen molar-refractivity contribution < 1.29 is 9.53 Å². The molecule has 136 valence electrons. The van der Waals surface area contributed by atoms with E-state index >= 15 is 0 Å². The number of carbonyl (C=O) groups excluding carboxylic acids is 1. The summed E-state index contributed by atoms with van der Waals surface area (Å²) in [7, 11) is 1.64. The summed E-state index contributed by atoms with van der Waals surface area (Å²) in [5.74, 6) is 0.702. The minimum absolute atomic E-state index is 0.0346. The van der Waals surface area contributed by atoms with Crippen LogP contribution in [0, 0.1) is 13.8 Å². The fraction of sp³-hybridized carbons (Fsp3) is 0.263. The number of likely N-dealkylation sites (N-methyl/N-ethyl adjacent to an activating group) is 1. The van der Waals surface area contributed by atoms with Crippen molar-refractivity contribution >= 4 is 51.9 Å². The second-order valence-corrected chi connectivity index (χ2v) is 8.02. The number of hydrogen-bond acceptors (Lipinski definition) is 4. The maximum Gasteiger partial charge on any atom is 0.266 e. The van der Waals surface area contributed by atoms with Crippen molar-refractivity contribution in [1.82, 2.24) is 9.47 Å². The number of benzene rings is 1. The highest BCUT2D eigenvalue weighted by atomic mass is 35.5. The molecule has 7 heteroatoms. The summed E-state index contributed by atoms with van der Waals surface area (Å²) in [4.78, 5) is 14.7. The number of hydrogen-bond donors (Lipinski definition) is 0. The van der Waals surface area contributed by atoms with Gasteiger partial charge in [-0.05, 0) is 56.7 Å². The highest BCUT2D eigenvalue weighted by Crippen LogP contribution is 2.35. The van der Waals surface area contributed by atoms with Crippen molar-refractivity contribution in [1.29, 1.82) is 0 Å². The van der Waals surface area contributed by atoms with E-state index in [9.17, 15) is 4.79 Å². The van der Waals surface area contributed by atoms with E-state index in [4.69, 9.17) is 28.6 Å². The summed E-state index contributed by atoms with van der Waals surface area (Å²) >= 11 is 12.8. The van der Waals surface area contributed by atoms with E-state index in [2.05, 4.69) is 4.57 Å². The molecule has 1 saturated heterocycles. The molecule has 1 aromatic heterocycles. The zero-order valence-corrected chi connectivity index (χ0v) is 17.4. The van der Waals surface area contributed by atoms with Crippen LogP contribution in [0.5, 0.6) is 5.75 Å². The monoisotopic (exact) mass is 406 g/mol. The molecule has 2 heterocycles. The number of methoxy groups -OCH3 is 1. The first kappa shape index (κ1) is 19.0. The first-order valence-corrected chi connectivity index (χ1v) is 9.75. The lowest BCUT2D eigenvalue weighted by Crippen LogP contribution is -2.27. The fourth-order valence-corrected chi connectivity index (χ4v) is 4.60. The van der Waals surface area contributed by atoms with Crippen molar-refractivity contribution in [3.63, 3.8) is 0 Å². The largest absolute Gasteiger partial charge is 0.495 e. The Morgan fingerprint density at radius 3 is 2.65 bits per heavy atom. The van der Waals surface area contributed by atoms with Crippen LogP contribution in [-0.4, -0.2) is 33.3 Å². The normalized spacial score (nSPS) is 16.0. The zero-order chi connectivity index (χ0) is 19.0. The molecular weight excluding hydrogens is 388 g/mol. The van der Waals surface area contributed by atoms with Crippen LogP contribution in [0.2, 0.25) is 5.02 Å². The second-order valence-electron chi connectivity index (χ2n) is 5.90. The van der Waals surface area contributed by atoms with Gasteiger partial charge in [0.15, 0.2) is 0 Å². The Hall–Kier alpha value is -1.76. The summed E-state index contributed by atoms with van der Waals surface area (Å²) < 4.78 is 8.18. The predicted octanol–water partition coefficient (Wildman–Crippen LogP) is 4.98. The van der Waals surface area contributed by atoms with Crippen LogP contribution in [0.3, 0.4) is 0 Å². The smallest absolute Gasteiger partial charge is 0.266 e. The van der Waals surface area contributed by atoms with Gasteiger partial charge in [0, 0.05) is 23.0 Å². The van der Waals surface area contributed by atoms with Gasteiger partial charge in [-0.25, -0.2) is 0 Å². The van der Waals surface area contributed by atoms with Crippen molar-refractivity contribution in [2.45, 2.75) is 20.8 Å². The zero-order valence-electron chi connectivity index (χ0n) is 15.0. The molecule has 26 heavy (non-hydrogen) atoms. The van der Waals surface area contributed by atoms with Gasteiger partial charge in [-0.1, -0.05) is 35.6 Å². The molecule has 0 N–H and O–H groups in total. The van der Waals surface area contributed by atoms with Crippen LogP contribution in [0.15, 0.2) is 29.2 Å². The standard InChI is InChI=1S/C19H19ClN2O2S2/c1-5-21-18(23)17(26-19(21)25)9-13-8-11(2)22(12(13)3)15-10-14(20)6-7-16(15)24-4/h6-10H,5H2,1-4H3. The number of amides is 1. The molecule has 1 aliphatic heterocycles. The molecule has 2 aromatic rings. The lowest BCUT2D eigenvalue weighted by molar-refractivity contribution is -0.121. The molecule has 0 bridgehead atoms. The van der Waals surface area contributed by atoms with E-state index in [-0.39, 0.29) is 5.91 Å². The number of rotatable bonds is 4. The predicted molar refractivity (Wildman–Crippen MR) is 112 cm³/mol. The lowest BCUT2D eigenvalue weighted by atomic mass is 10.2. The van der Waals surface area contributed by atoms with Gasteiger partial charge in [-0.3, -0.25) is 9.69 Å². The van der Waals surface area contributed by atoms with E-state index < -0.39 is 0 Å². The summed E-state index contributed by atoms with van der Waals surface area (Å²) in [6.45, 7) is 6.54. The molecule has 1 aromatic carbocycles. The number of ether oxygens (including phenoxy) is 1. The number of aromatic nitrogens is 1. The molecular formula is C19H19ClN2O2S2. The molecule has 0 spiro atoms. The van der Waals surface area contributed by atoms with Gasteiger partial charge in [-0.15, -0.1) is 0 Å². The lowest BCUT2D eigenvalue weighted by Gasteiger charge is -2.14. The minimum Gasteiger partial charge on any atom is -0.495 e. The van der Waals surface area contributed by atoms with Crippen molar-refractivity contribution in [3.05, 3.63) is 51.1 Å². The molecule has 4 nitrogen and oxygen atoms in total. The molecule has 1 fully saturated rings. The maximum absolute atomic E-state index is 12.5. The van der Waals surface area contributed by atoms with Gasteiger partial charge in [0.25, 0.3) is 5.91 Å². The maximum atomic E-state index is 12.5. The SMILES string of the molecule is CCN1C(=O)C(=Cc2cc(C)n(-c3cc(Cl)ccc3OC)c2C)SC1=S. The molecule has 3 rings (SSSR count). The van der Waals surface area contributed by atoms with Crippen LogP contribution >= 0.6 is 35.6 Å². The summed E-state index contributed by atoms with van der Waals surface area (Å²) in [5, 5.41) is 0.638. The number of halogens is 1. The topological polar surface area (TPSA) is 34.5 Å². The molecule has 1 aliphatic rings. The van der Waals surface area contributed by atoms with Crippen LogP contribution in [-0.2, 0) is 4.79 Å². The first-order valence-electron chi connectivity index (χ1n) is 8.15. The number of carbonyl (C=O) groups is 1. The highest BCUT2D eigenvalue weighted by Gasteiger charge is 2.31. The van der Waals surface area contributed by atoms with Crippen molar-refractivity contribution in [3.8, 4) is 11.4 Å². The summed E-state index contributed by atoms with van der Waals surface area (Å²) in [6, 6.07) is 7.58. The Labute approximate surface area is 167 Å². The summed E-state index contributed by atoms with van der Waals surface area (Å²) in [6.07, 6.45) is 1.91. The minimum atomic E-state index is -0.0346. The quantitative estimate of drug-likeness (QED) is 0.530. The van der Waals surface area contributed by atoms with E-state index in [0.29, 0.717) is 20.8 Å². The Bertz CT molecular complexity index is 934. The van der Waals surface area contributed by atoms with Gasteiger partial charge in [0.05, 0.1) is 17.7 Å². The van der Waals surface area contributed by atoms with Gasteiger partial charge in [0.1, 0.15) is 10.1 Å². The van der Waals surface area contributed by atoms with Gasteiger partial charge < -0.3 is 9.30 Å². The molecule has 0 radical (unpaired) electrons. The second kappa shape index (κ2) is 7.47. The van der Waals surface area contributed by atoms with Crippen LogP contribution in [0.1, 0.15) is 23.9 Å². The Morgan fingerprint density at radius 2 is 2.04 bits per heavy atom. The number of thioether (sulfide) groups is 1. The number of nitrogens with zero attached hydrogens (tertiary/aromatic N) is 2. The Morgan fingerprint density at radius 1 is 1.31 bits per heavy atom. The van der Waals surface area contributed by atoms with Crippen molar-refractivity contribution in [2.24, 2.45) is 0 Å². The van der Waals surface area contributed by atoms with E-state index in [1.54, 1.807) is 18.1 Å². The third-order valence-corrected chi connectivity index (χ3v) is 5.94. The van der Waals surface area contributed by atoms with E-state index in [1.165, 1.54) is 11.8 Å². The Kier molecular flexibility index (Phi) is 5.46. The molecule has 0 aliphatic carbocycles. The van der Waals surface area contributed by atoms with Gasteiger partial charge in [-0.2, -0.15) is 0 Å².